The molecular formula is C20H34N2O. The molecule has 1 heterocycles. The van der Waals surface area contributed by atoms with Crippen LogP contribution in [-0.2, 0) is 11.2 Å². The molecule has 2 rings (SSSR count). The van der Waals surface area contributed by atoms with Gasteiger partial charge in [-0.25, -0.2) is 5.01 Å². The van der Waals surface area contributed by atoms with Gasteiger partial charge >= 0.3 is 0 Å². The van der Waals surface area contributed by atoms with Gasteiger partial charge in [0, 0.05) is 25.7 Å². The van der Waals surface area contributed by atoms with Crippen LogP contribution in [0.15, 0.2) is 30.3 Å². The van der Waals surface area contributed by atoms with Gasteiger partial charge in [-0.2, -0.15) is 0 Å². The van der Waals surface area contributed by atoms with E-state index in [1.807, 2.05) is 0 Å². The largest absolute Gasteiger partial charge is 0.383 e. The molecule has 0 bridgehead atoms. The molecule has 0 unspecified atom stereocenters. The molecule has 0 aliphatic carbocycles. The van der Waals surface area contributed by atoms with Crippen LogP contribution in [0.1, 0.15) is 46.1 Å². The second-order valence-electron chi connectivity index (χ2n) is 8.08. The normalized spacial score (nSPS) is 22.2. The third-order valence-electron chi connectivity index (χ3n) is 4.94. The molecular weight excluding hydrogens is 284 g/mol. The zero-order valence-electron chi connectivity index (χ0n) is 15.5. The van der Waals surface area contributed by atoms with E-state index >= 15 is 0 Å². The molecule has 0 spiro atoms. The van der Waals surface area contributed by atoms with E-state index in [0.29, 0.717) is 18.0 Å². The van der Waals surface area contributed by atoms with Crippen LogP contribution in [0.2, 0.25) is 0 Å². The quantitative estimate of drug-likeness (QED) is 0.825. The van der Waals surface area contributed by atoms with Crippen molar-refractivity contribution in [2.45, 2.75) is 59.0 Å². The lowest BCUT2D eigenvalue weighted by atomic mass is 9.78. The molecule has 1 saturated heterocycles. The van der Waals surface area contributed by atoms with E-state index in [1.165, 1.54) is 18.4 Å². The third-order valence-corrected chi connectivity index (χ3v) is 4.94. The SMILES string of the molecule is COC[C@@H]1CCCN1N[C@@H]([C@H](C)Cc1ccccc1)C(C)(C)C. The predicted molar refractivity (Wildman–Crippen MR) is 97.3 cm³/mol. The Morgan fingerprint density at radius 1 is 1.26 bits per heavy atom. The van der Waals surface area contributed by atoms with Gasteiger partial charge in [-0.05, 0) is 36.2 Å². The van der Waals surface area contributed by atoms with Crippen molar-refractivity contribution in [3.63, 3.8) is 0 Å². The first-order chi connectivity index (χ1) is 10.9. The van der Waals surface area contributed by atoms with Crippen LogP contribution >= 0.6 is 0 Å². The minimum Gasteiger partial charge on any atom is -0.383 e. The summed E-state index contributed by atoms with van der Waals surface area (Å²) in [5.41, 5.74) is 5.50. The summed E-state index contributed by atoms with van der Waals surface area (Å²) in [7, 11) is 1.80. The summed E-state index contributed by atoms with van der Waals surface area (Å²) in [6.07, 6.45) is 3.59. The van der Waals surface area contributed by atoms with Crippen molar-refractivity contribution in [3.05, 3.63) is 35.9 Å². The van der Waals surface area contributed by atoms with Crippen LogP contribution in [0.25, 0.3) is 0 Å². The van der Waals surface area contributed by atoms with Crippen LogP contribution in [0.4, 0.5) is 0 Å². The summed E-state index contributed by atoms with van der Waals surface area (Å²) in [6.45, 7) is 11.3. The Hall–Kier alpha value is -0.900. The smallest absolute Gasteiger partial charge is 0.0632 e. The molecule has 0 aromatic heterocycles. The summed E-state index contributed by atoms with van der Waals surface area (Å²) in [6, 6.07) is 11.8. The maximum atomic E-state index is 5.40. The second-order valence-corrected chi connectivity index (χ2v) is 8.08. The summed E-state index contributed by atoms with van der Waals surface area (Å²) in [5, 5.41) is 2.43. The average molecular weight is 319 g/mol. The number of ether oxygens (including phenoxy) is 1. The van der Waals surface area contributed by atoms with Crippen LogP contribution < -0.4 is 5.43 Å². The lowest BCUT2D eigenvalue weighted by molar-refractivity contribution is 0.0340. The van der Waals surface area contributed by atoms with E-state index in [1.54, 1.807) is 7.11 Å². The number of methoxy groups -OCH3 is 1. The molecule has 3 nitrogen and oxygen atoms in total. The molecule has 1 aromatic carbocycles. The number of hydrogen-bond acceptors (Lipinski definition) is 3. The Balaban J connectivity index is 2.04. The van der Waals surface area contributed by atoms with Crippen molar-refractivity contribution in [2.24, 2.45) is 11.3 Å². The van der Waals surface area contributed by atoms with Crippen molar-refractivity contribution < 1.29 is 4.74 Å². The molecule has 0 saturated carbocycles. The lowest BCUT2D eigenvalue weighted by Gasteiger charge is -2.41. The standard InChI is InChI=1S/C20H34N2O/c1-16(14-17-10-7-6-8-11-17)19(20(2,3)4)21-22-13-9-12-18(22)15-23-5/h6-8,10-11,16,18-19,21H,9,12-15H2,1-5H3/t16-,18+,19+/m1/s1. The second kappa shape index (κ2) is 8.27. The van der Waals surface area contributed by atoms with Gasteiger partial charge in [-0.15, -0.1) is 0 Å². The van der Waals surface area contributed by atoms with Crippen LogP contribution in [0.3, 0.4) is 0 Å². The maximum absolute atomic E-state index is 5.40. The molecule has 1 aliphatic heterocycles. The zero-order chi connectivity index (χ0) is 16.9. The molecule has 1 aromatic rings. The van der Waals surface area contributed by atoms with Gasteiger partial charge in [0.15, 0.2) is 0 Å². The molecule has 0 amide bonds. The molecule has 130 valence electrons. The van der Waals surface area contributed by atoms with E-state index < -0.39 is 0 Å². The van der Waals surface area contributed by atoms with E-state index in [-0.39, 0.29) is 5.41 Å². The van der Waals surface area contributed by atoms with Gasteiger partial charge < -0.3 is 4.74 Å². The number of hydrazine groups is 1. The lowest BCUT2D eigenvalue weighted by Crippen LogP contribution is -2.55. The first-order valence-corrected chi connectivity index (χ1v) is 8.97. The highest BCUT2D eigenvalue weighted by atomic mass is 16.5. The Morgan fingerprint density at radius 3 is 2.57 bits per heavy atom. The third kappa shape index (κ3) is 5.30. The highest BCUT2D eigenvalue weighted by Gasteiger charge is 2.34. The first-order valence-electron chi connectivity index (χ1n) is 8.97. The van der Waals surface area contributed by atoms with Crippen molar-refractivity contribution in [1.29, 1.82) is 0 Å². The number of hydrogen-bond donors (Lipinski definition) is 1. The minimum absolute atomic E-state index is 0.217. The Morgan fingerprint density at radius 2 is 1.96 bits per heavy atom. The van der Waals surface area contributed by atoms with E-state index in [4.69, 9.17) is 4.74 Å². The van der Waals surface area contributed by atoms with Crippen molar-refractivity contribution in [3.8, 4) is 0 Å². The van der Waals surface area contributed by atoms with Gasteiger partial charge in [0.1, 0.15) is 0 Å². The predicted octanol–water partition coefficient (Wildman–Crippen LogP) is 3.90. The van der Waals surface area contributed by atoms with Crippen LogP contribution in [0, 0.1) is 11.3 Å². The van der Waals surface area contributed by atoms with Gasteiger partial charge in [0.05, 0.1) is 6.61 Å². The highest BCUT2D eigenvalue weighted by Crippen LogP contribution is 2.29. The van der Waals surface area contributed by atoms with Crippen LogP contribution in [-0.4, -0.2) is 37.4 Å². The molecule has 1 aliphatic rings. The number of benzene rings is 1. The van der Waals surface area contributed by atoms with Crippen molar-refractivity contribution in [2.75, 3.05) is 20.3 Å². The van der Waals surface area contributed by atoms with Crippen molar-refractivity contribution in [1.82, 2.24) is 10.4 Å². The molecule has 23 heavy (non-hydrogen) atoms. The summed E-state index contributed by atoms with van der Waals surface area (Å²) < 4.78 is 5.40. The zero-order valence-corrected chi connectivity index (χ0v) is 15.5. The van der Waals surface area contributed by atoms with E-state index in [0.717, 1.165) is 19.6 Å². The summed E-state index contributed by atoms with van der Waals surface area (Å²) >= 11 is 0. The Labute approximate surface area is 142 Å². The molecule has 3 atom stereocenters. The Bertz CT molecular complexity index is 454. The van der Waals surface area contributed by atoms with E-state index in [2.05, 4.69) is 68.5 Å². The summed E-state index contributed by atoms with van der Waals surface area (Å²) in [5.74, 6) is 0.571. The minimum atomic E-state index is 0.217. The fourth-order valence-electron chi connectivity index (χ4n) is 3.83. The van der Waals surface area contributed by atoms with Crippen molar-refractivity contribution >= 4 is 0 Å². The van der Waals surface area contributed by atoms with Gasteiger partial charge in [0.25, 0.3) is 0 Å². The fourth-order valence-corrected chi connectivity index (χ4v) is 3.83. The highest BCUT2D eigenvalue weighted by molar-refractivity contribution is 5.15. The molecule has 0 radical (unpaired) electrons. The monoisotopic (exact) mass is 318 g/mol. The summed E-state index contributed by atoms with van der Waals surface area (Å²) in [4.78, 5) is 0. The Kier molecular flexibility index (Phi) is 6.63. The number of rotatable bonds is 7. The first kappa shape index (κ1) is 18.4. The number of nitrogens with one attached hydrogen (secondary N) is 1. The molecule has 3 heteroatoms. The maximum Gasteiger partial charge on any atom is 0.0632 e. The topological polar surface area (TPSA) is 24.5 Å². The van der Waals surface area contributed by atoms with Crippen LogP contribution in [0.5, 0.6) is 0 Å². The molecule has 1 N–H and O–H groups in total. The fraction of sp³-hybridized carbons (Fsp3) is 0.700. The van der Waals surface area contributed by atoms with Gasteiger partial charge in [0.2, 0.25) is 0 Å². The van der Waals surface area contributed by atoms with Gasteiger partial charge in [-0.3, -0.25) is 5.43 Å². The molecule has 1 fully saturated rings. The van der Waals surface area contributed by atoms with Gasteiger partial charge in [-0.1, -0.05) is 58.0 Å². The van der Waals surface area contributed by atoms with E-state index in [9.17, 15) is 0 Å². The number of nitrogens with zero attached hydrogens (tertiary/aromatic N) is 1. The average Bonchev–Trinajstić information content (AvgIpc) is 2.92.